The first-order valence-electron chi connectivity index (χ1n) is 12.2. The van der Waals surface area contributed by atoms with Crippen LogP contribution < -0.4 is 5.32 Å². The lowest BCUT2D eigenvalue weighted by Crippen LogP contribution is -2.73. The molecule has 2 aromatic rings. The van der Waals surface area contributed by atoms with Crippen LogP contribution in [0.4, 0.5) is 5.69 Å². The molecule has 3 heterocycles. The van der Waals surface area contributed by atoms with Gasteiger partial charge < -0.3 is 10.2 Å². The monoisotopic (exact) mass is 471 g/mol. The number of nitro groups is 1. The van der Waals surface area contributed by atoms with E-state index >= 15 is 0 Å². The third-order valence-electron chi connectivity index (χ3n) is 9.78. The van der Waals surface area contributed by atoms with Gasteiger partial charge in [0.2, 0.25) is 11.8 Å². The zero-order chi connectivity index (χ0) is 24.5. The second-order valence-electron chi connectivity index (χ2n) is 11.3. The summed E-state index contributed by atoms with van der Waals surface area (Å²) >= 11 is 0. The Balaban J connectivity index is 1.36. The van der Waals surface area contributed by atoms with Crippen LogP contribution in [0.5, 0.6) is 0 Å². The Morgan fingerprint density at radius 2 is 1.80 bits per heavy atom. The molecule has 1 N–H and O–H groups in total. The lowest BCUT2D eigenvalue weighted by atomic mass is 9.63. The summed E-state index contributed by atoms with van der Waals surface area (Å²) in [5, 5.41) is 15.4. The molecule has 3 spiro atoms. The number of ketones is 1. The van der Waals surface area contributed by atoms with Crippen molar-refractivity contribution < 1.29 is 19.3 Å². The van der Waals surface area contributed by atoms with Crippen molar-refractivity contribution in [1.82, 2.24) is 10.2 Å². The van der Waals surface area contributed by atoms with Gasteiger partial charge in [-0.1, -0.05) is 56.3 Å². The van der Waals surface area contributed by atoms with Gasteiger partial charge in [0.1, 0.15) is 16.7 Å². The van der Waals surface area contributed by atoms with E-state index in [1.165, 1.54) is 6.07 Å². The molecular formula is C27H25N3O5. The maximum atomic E-state index is 13.9. The molecule has 178 valence electrons. The van der Waals surface area contributed by atoms with E-state index in [1.54, 1.807) is 11.0 Å². The molecule has 3 aliphatic heterocycles. The Labute approximate surface area is 201 Å². The lowest BCUT2D eigenvalue weighted by Gasteiger charge is -2.52. The molecule has 5 fully saturated rings. The molecule has 2 aliphatic carbocycles. The van der Waals surface area contributed by atoms with Crippen LogP contribution in [-0.2, 0) is 14.4 Å². The minimum Gasteiger partial charge on any atom is -0.347 e. The van der Waals surface area contributed by atoms with Gasteiger partial charge in [-0.2, -0.15) is 0 Å². The Morgan fingerprint density at radius 3 is 2.51 bits per heavy atom. The second-order valence-corrected chi connectivity index (χ2v) is 11.3. The summed E-state index contributed by atoms with van der Waals surface area (Å²) in [6.07, 6.45) is 1.61. The predicted octanol–water partition coefficient (Wildman–Crippen LogP) is 3.20. The van der Waals surface area contributed by atoms with E-state index in [-0.39, 0.29) is 35.6 Å². The van der Waals surface area contributed by atoms with Gasteiger partial charge in [0.05, 0.1) is 16.4 Å². The largest absolute Gasteiger partial charge is 0.347 e. The maximum absolute atomic E-state index is 13.9. The van der Waals surface area contributed by atoms with Crippen LogP contribution in [0.3, 0.4) is 0 Å². The van der Waals surface area contributed by atoms with Gasteiger partial charge in [-0.25, -0.2) is 0 Å². The number of rotatable bonds is 3. The van der Waals surface area contributed by atoms with Crippen molar-refractivity contribution in [3.05, 3.63) is 64.2 Å². The third kappa shape index (κ3) is 1.95. The number of carbonyl (C=O) groups is 3. The third-order valence-corrected chi connectivity index (χ3v) is 9.78. The molecule has 2 amide bonds. The van der Waals surface area contributed by atoms with E-state index in [0.29, 0.717) is 24.1 Å². The minimum atomic E-state index is -0.903. The number of nitrogens with zero attached hydrogens (tertiary/aromatic N) is 2. The number of hydrogen-bond donors (Lipinski definition) is 1. The standard InChI is InChI=1S/C27H25N3O5/c1-24(2)20(31)18(17-10-9-16(13-19(17)30(34)35)15-7-4-3-5-8-15)14-25-21(24)27(25)23(33)29-12-6-11-26(27,29)22(32)28-25/h3-5,7-10,13,18,21H,6,11-12,14H2,1-2H3,(H,28,32). The second kappa shape index (κ2) is 5.98. The van der Waals surface area contributed by atoms with Crippen molar-refractivity contribution in [3.8, 4) is 11.1 Å². The summed E-state index contributed by atoms with van der Waals surface area (Å²) in [5.41, 5.74) is -1.69. The van der Waals surface area contributed by atoms with Crippen LogP contribution in [0.1, 0.15) is 44.6 Å². The van der Waals surface area contributed by atoms with Crippen LogP contribution in [0, 0.1) is 26.9 Å². The summed E-state index contributed by atoms with van der Waals surface area (Å²) in [7, 11) is 0. The maximum Gasteiger partial charge on any atom is 0.273 e. The van der Waals surface area contributed by atoms with Crippen molar-refractivity contribution in [2.45, 2.75) is 50.1 Å². The van der Waals surface area contributed by atoms with Crippen molar-refractivity contribution in [2.24, 2.45) is 16.7 Å². The summed E-state index contributed by atoms with van der Waals surface area (Å²) in [4.78, 5) is 54.2. The zero-order valence-corrected chi connectivity index (χ0v) is 19.5. The summed E-state index contributed by atoms with van der Waals surface area (Å²) in [5.74, 6) is -1.31. The van der Waals surface area contributed by atoms with E-state index in [2.05, 4.69) is 5.32 Å². The zero-order valence-electron chi connectivity index (χ0n) is 19.5. The fourth-order valence-electron chi connectivity index (χ4n) is 8.74. The number of β-lactam (4-membered cyclic amide) rings is 1. The van der Waals surface area contributed by atoms with E-state index in [0.717, 1.165) is 12.0 Å². The predicted molar refractivity (Wildman–Crippen MR) is 125 cm³/mol. The average Bonchev–Trinajstić information content (AvgIpc) is 3.21. The first kappa shape index (κ1) is 20.8. The summed E-state index contributed by atoms with van der Waals surface area (Å²) < 4.78 is 0. The van der Waals surface area contributed by atoms with Crippen LogP contribution in [0.25, 0.3) is 11.1 Å². The van der Waals surface area contributed by atoms with Gasteiger partial charge >= 0.3 is 0 Å². The van der Waals surface area contributed by atoms with Gasteiger partial charge in [-0.3, -0.25) is 24.5 Å². The highest BCUT2D eigenvalue weighted by atomic mass is 16.6. The molecule has 7 rings (SSSR count). The molecule has 0 aromatic heterocycles. The summed E-state index contributed by atoms with van der Waals surface area (Å²) in [6, 6.07) is 14.4. The fraction of sp³-hybridized carbons (Fsp3) is 0.444. The SMILES string of the molecule is CC1(C)C(=O)C(c2ccc(-c3ccccc3)cc2[N+](=O)[O-])CC23NC(=O)C45CCCN4C(=O)C25C13. The van der Waals surface area contributed by atoms with Crippen molar-refractivity contribution in [3.63, 3.8) is 0 Å². The van der Waals surface area contributed by atoms with Gasteiger partial charge in [0.25, 0.3) is 5.69 Å². The molecule has 8 heteroatoms. The van der Waals surface area contributed by atoms with E-state index in [4.69, 9.17) is 0 Å². The number of amides is 2. The van der Waals surface area contributed by atoms with Gasteiger partial charge in [-0.15, -0.1) is 0 Å². The lowest BCUT2D eigenvalue weighted by molar-refractivity contribution is -0.385. The highest BCUT2D eigenvalue weighted by molar-refractivity contribution is 6.17. The van der Waals surface area contributed by atoms with Crippen LogP contribution in [-0.4, -0.2) is 45.0 Å². The first-order chi connectivity index (χ1) is 16.6. The van der Waals surface area contributed by atoms with Crippen LogP contribution in [0.2, 0.25) is 0 Å². The molecule has 5 aliphatic rings. The molecule has 5 unspecified atom stereocenters. The van der Waals surface area contributed by atoms with Crippen molar-refractivity contribution in [1.29, 1.82) is 0 Å². The topological polar surface area (TPSA) is 110 Å². The molecule has 3 saturated heterocycles. The average molecular weight is 472 g/mol. The van der Waals surface area contributed by atoms with Crippen molar-refractivity contribution in [2.75, 3.05) is 6.54 Å². The van der Waals surface area contributed by atoms with Crippen LogP contribution in [0.15, 0.2) is 48.5 Å². The molecule has 8 nitrogen and oxygen atoms in total. The molecule has 35 heavy (non-hydrogen) atoms. The smallest absolute Gasteiger partial charge is 0.273 e. The Bertz CT molecular complexity index is 1390. The van der Waals surface area contributed by atoms with Crippen LogP contribution >= 0.6 is 0 Å². The molecule has 5 atom stereocenters. The van der Waals surface area contributed by atoms with Gasteiger partial charge in [0, 0.05) is 29.5 Å². The Kier molecular flexibility index (Phi) is 3.55. The number of piperidine rings is 1. The molecule has 2 saturated carbocycles. The molecule has 2 aromatic carbocycles. The van der Waals surface area contributed by atoms with Crippen molar-refractivity contribution >= 4 is 23.3 Å². The number of nitro benzene ring substituents is 1. The number of Topliss-reactive ketones (excluding diaryl/α,β-unsaturated/α-hetero) is 1. The Hall–Kier alpha value is -3.55. The Morgan fingerprint density at radius 1 is 1.06 bits per heavy atom. The fourth-order valence-corrected chi connectivity index (χ4v) is 8.74. The number of carbonyl (C=O) groups excluding carboxylic acids is 3. The highest BCUT2D eigenvalue weighted by Crippen LogP contribution is 2.87. The molecular weight excluding hydrogens is 446 g/mol. The normalized spacial score (nSPS) is 37.5. The van der Waals surface area contributed by atoms with E-state index in [9.17, 15) is 24.5 Å². The van der Waals surface area contributed by atoms with Gasteiger partial charge in [-0.05, 0) is 30.4 Å². The quantitative estimate of drug-likeness (QED) is 0.420. The number of benzene rings is 2. The van der Waals surface area contributed by atoms with E-state index in [1.807, 2.05) is 50.2 Å². The molecule has 0 radical (unpaired) electrons. The number of hydrogen-bond acceptors (Lipinski definition) is 5. The summed E-state index contributed by atoms with van der Waals surface area (Å²) in [6.45, 7) is 4.26. The van der Waals surface area contributed by atoms with Gasteiger partial charge in [0.15, 0.2) is 0 Å². The number of nitrogens with one attached hydrogen (secondary N) is 1. The first-order valence-corrected chi connectivity index (χ1v) is 12.2. The minimum absolute atomic E-state index is 0.0335. The highest BCUT2D eigenvalue weighted by Gasteiger charge is 3.03. The van der Waals surface area contributed by atoms with E-state index < -0.39 is 32.7 Å². The molecule has 0 bridgehead atoms.